The van der Waals surface area contributed by atoms with Crippen molar-refractivity contribution in [1.29, 1.82) is 0 Å². The summed E-state index contributed by atoms with van der Waals surface area (Å²) in [5.41, 5.74) is 0.196. The zero-order chi connectivity index (χ0) is 20.1. The highest BCUT2D eigenvalue weighted by atomic mass is 16.5. The van der Waals surface area contributed by atoms with Crippen LogP contribution in [-0.2, 0) is 14.4 Å². The van der Waals surface area contributed by atoms with Crippen molar-refractivity contribution in [2.45, 2.75) is 37.8 Å². The first-order valence-corrected chi connectivity index (χ1v) is 9.30. The van der Waals surface area contributed by atoms with Crippen molar-refractivity contribution in [3.63, 3.8) is 0 Å². The molecule has 1 aromatic carbocycles. The molecule has 9 heteroatoms. The van der Waals surface area contributed by atoms with Crippen LogP contribution in [0.25, 0.3) is 0 Å². The van der Waals surface area contributed by atoms with Crippen LogP contribution in [0, 0.1) is 0 Å². The number of carboxylic acid groups (broad SMARTS) is 1. The summed E-state index contributed by atoms with van der Waals surface area (Å²) in [6.45, 7) is 0.826. The molecule has 1 fully saturated rings. The number of benzene rings is 1. The number of carbonyl (C=O) groups is 4. The Morgan fingerprint density at radius 2 is 1.96 bits per heavy atom. The minimum atomic E-state index is -1.22. The second-order valence-electron chi connectivity index (χ2n) is 6.78. The SMILES string of the molecule is O=C1N[C@H](C(=O)O)CCC(=O)N2CCC[C@@H]2C(=O)NCCOc2ccccc21. The lowest BCUT2D eigenvalue weighted by Crippen LogP contribution is -2.47. The Balaban J connectivity index is 1.84. The van der Waals surface area contributed by atoms with Crippen LogP contribution in [0.2, 0.25) is 0 Å². The maximum atomic E-state index is 12.6. The van der Waals surface area contributed by atoms with Crippen LogP contribution in [-0.4, -0.2) is 65.5 Å². The van der Waals surface area contributed by atoms with E-state index in [-0.39, 0.29) is 43.4 Å². The van der Waals surface area contributed by atoms with Crippen LogP contribution in [0.5, 0.6) is 5.75 Å². The monoisotopic (exact) mass is 389 g/mol. The Hall–Kier alpha value is -3.10. The lowest BCUT2D eigenvalue weighted by molar-refractivity contribution is -0.141. The Morgan fingerprint density at radius 1 is 1.18 bits per heavy atom. The third-order valence-corrected chi connectivity index (χ3v) is 4.92. The lowest BCUT2D eigenvalue weighted by atomic mass is 10.1. The summed E-state index contributed by atoms with van der Waals surface area (Å²) in [6.07, 6.45) is 1.15. The van der Waals surface area contributed by atoms with Gasteiger partial charge in [0.15, 0.2) is 0 Å². The number of fused-ring (bicyclic) bond motifs is 2. The molecule has 2 atom stereocenters. The van der Waals surface area contributed by atoms with Gasteiger partial charge in [-0.25, -0.2) is 4.79 Å². The van der Waals surface area contributed by atoms with Crippen molar-refractivity contribution in [3.05, 3.63) is 29.8 Å². The van der Waals surface area contributed by atoms with Gasteiger partial charge >= 0.3 is 5.97 Å². The minimum absolute atomic E-state index is 0.0617. The molecule has 0 aliphatic carbocycles. The Kier molecular flexibility index (Phi) is 6.13. The third kappa shape index (κ3) is 4.41. The van der Waals surface area contributed by atoms with Crippen LogP contribution in [0.1, 0.15) is 36.0 Å². The van der Waals surface area contributed by atoms with Gasteiger partial charge in [0.25, 0.3) is 5.91 Å². The first-order chi connectivity index (χ1) is 13.5. The molecule has 3 rings (SSSR count). The van der Waals surface area contributed by atoms with Crippen LogP contribution in [0.3, 0.4) is 0 Å². The first-order valence-electron chi connectivity index (χ1n) is 9.30. The van der Waals surface area contributed by atoms with Crippen molar-refractivity contribution >= 4 is 23.7 Å². The number of rotatable bonds is 1. The fourth-order valence-corrected chi connectivity index (χ4v) is 3.48. The van der Waals surface area contributed by atoms with E-state index in [0.717, 1.165) is 0 Å². The molecule has 0 spiro atoms. The van der Waals surface area contributed by atoms with E-state index in [1.54, 1.807) is 18.2 Å². The van der Waals surface area contributed by atoms with Gasteiger partial charge in [0, 0.05) is 13.0 Å². The first kappa shape index (κ1) is 19.7. The summed E-state index contributed by atoms with van der Waals surface area (Å²) in [5, 5.41) is 14.7. The molecule has 1 aromatic rings. The molecule has 2 aliphatic heterocycles. The van der Waals surface area contributed by atoms with E-state index in [1.165, 1.54) is 11.0 Å². The predicted molar refractivity (Wildman–Crippen MR) is 97.8 cm³/mol. The van der Waals surface area contributed by atoms with Gasteiger partial charge in [0.1, 0.15) is 24.4 Å². The van der Waals surface area contributed by atoms with Crippen LogP contribution in [0.4, 0.5) is 0 Å². The molecular formula is C19H23N3O6. The number of ether oxygens (including phenoxy) is 1. The van der Waals surface area contributed by atoms with Gasteiger partial charge in [-0.3, -0.25) is 14.4 Å². The summed E-state index contributed by atoms with van der Waals surface area (Å²) >= 11 is 0. The molecule has 0 saturated carbocycles. The van der Waals surface area contributed by atoms with Crippen molar-refractivity contribution in [2.24, 2.45) is 0 Å². The van der Waals surface area contributed by atoms with E-state index < -0.39 is 24.0 Å². The normalized spacial score (nSPS) is 24.0. The van der Waals surface area contributed by atoms with Crippen LogP contribution < -0.4 is 15.4 Å². The third-order valence-electron chi connectivity index (χ3n) is 4.92. The summed E-state index contributed by atoms with van der Waals surface area (Å²) in [7, 11) is 0. The highest BCUT2D eigenvalue weighted by Crippen LogP contribution is 2.21. The Morgan fingerprint density at radius 3 is 2.75 bits per heavy atom. The Bertz CT molecular complexity index is 781. The number of amides is 3. The van der Waals surface area contributed by atoms with Gasteiger partial charge in [-0.05, 0) is 31.4 Å². The largest absolute Gasteiger partial charge is 0.491 e. The molecule has 3 amide bonds. The molecule has 0 aromatic heterocycles. The molecule has 0 radical (unpaired) electrons. The molecule has 3 N–H and O–H groups in total. The van der Waals surface area contributed by atoms with Gasteiger partial charge < -0.3 is 25.4 Å². The summed E-state index contributed by atoms with van der Waals surface area (Å²) in [6, 6.07) is 4.70. The van der Waals surface area contributed by atoms with Crippen molar-refractivity contribution in [3.8, 4) is 5.75 Å². The quantitative estimate of drug-likeness (QED) is 0.628. The zero-order valence-corrected chi connectivity index (χ0v) is 15.3. The number of para-hydroxylation sites is 1. The molecular weight excluding hydrogens is 366 g/mol. The number of hydrogen-bond acceptors (Lipinski definition) is 5. The Labute approximate surface area is 162 Å². The molecule has 1 saturated heterocycles. The van der Waals surface area contributed by atoms with Gasteiger partial charge in [-0.2, -0.15) is 0 Å². The van der Waals surface area contributed by atoms with Gasteiger partial charge in [0.2, 0.25) is 11.8 Å². The average molecular weight is 389 g/mol. The highest BCUT2D eigenvalue weighted by molar-refractivity contribution is 5.99. The molecule has 0 bridgehead atoms. The van der Waals surface area contributed by atoms with Crippen molar-refractivity contribution < 1.29 is 29.0 Å². The van der Waals surface area contributed by atoms with Crippen molar-refractivity contribution in [2.75, 3.05) is 19.7 Å². The van der Waals surface area contributed by atoms with E-state index in [1.807, 2.05) is 0 Å². The molecule has 2 heterocycles. The topological polar surface area (TPSA) is 125 Å². The number of nitrogens with zero attached hydrogens (tertiary/aromatic N) is 1. The summed E-state index contributed by atoms with van der Waals surface area (Å²) in [4.78, 5) is 50.6. The number of aliphatic carboxylic acids is 1. The van der Waals surface area contributed by atoms with Gasteiger partial charge in [-0.15, -0.1) is 0 Å². The molecule has 2 aliphatic rings. The van der Waals surface area contributed by atoms with Crippen LogP contribution in [0.15, 0.2) is 24.3 Å². The summed E-state index contributed by atoms with van der Waals surface area (Å²) in [5.74, 6) is -2.05. The predicted octanol–water partition coefficient (Wildman–Crippen LogP) is 0.149. The summed E-state index contributed by atoms with van der Waals surface area (Å²) < 4.78 is 5.61. The van der Waals surface area contributed by atoms with Crippen molar-refractivity contribution in [1.82, 2.24) is 15.5 Å². The number of nitrogens with one attached hydrogen (secondary N) is 2. The van der Waals surface area contributed by atoms with E-state index in [4.69, 9.17) is 4.74 Å². The maximum absolute atomic E-state index is 12.6. The van der Waals surface area contributed by atoms with Gasteiger partial charge in [-0.1, -0.05) is 12.1 Å². The number of carboxylic acids is 1. The van der Waals surface area contributed by atoms with E-state index in [9.17, 15) is 24.3 Å². The molecule has 9 nitrogen and oxygen atoms in total. The maximum Gasteiger partial charge on any atom is 0.326 e. The molecule has 150 valence electrons. The second kappa shape index (κ2) is 8.73. The standard InChI is InChI=1S/C19H23N3O6/c23-16-8-7-13(19(26)27)21-17(24)12-4-1-2-6-15(12)28-11-9-20-18(25)14-5-3-10-22(14)16/h1-2,4,6,13-14H,3,5,7-11H2,(H,20,25)(H,21,24)(H,26,27)/t13-,14+/m0/s1. The fourth-order valence-electron chi connectivity index (χ4n) is 3.48. The average Bonchev–Trinajstić information content (AvgIpc) is 3.17. The van der Waals surface area contributed by atoms with E-state index >= 15 is 0 Å². The zero-order valence-electron chi connectivity index (χ0n) is 15.3. The smallest absolute Gasteiger partial charge is 0.326 e. The minimum Gasteiger partial charge on any atom is -0.491 e. The van der Waals surface area contributed by atoms with E-state index in [2.05, 4.69) is 10.6 Å². The lowest BCUT2D eigenvalue weighted by Gasteiger charge is -2.24. The molecule has 28 heavy (non-hydrogen) atoms. The number of carbonyl (C=O) groups excluding carboxylic acids is 3. The second-order valence-corrected chi connectivity index (χ2v) is 6.78. The van der Waals surface area contributed by atoms with Crippen LogP contribution >= 0.6 is 0 Å². The highest BCUT2D eigenvalue weighted by Gasteiger charge is 2.34. The fraction of sp³-hybridized carbons (Fsp3) is 0.474. The van der Waals surface area contributed by atoms with E-state index in [0.29, 0.717) is 25.1 Å². The molecule has 0 unspecified atom stereocenters. The van der Waals surface area contributed by atoms with Gasteiger partial charge in [0.05, 0.1) is 12.1 Å². The number of hydrogen-bond donors (Lipinski definition) is 3.